The number of benzene rings is 2. The van der Waals surface area contributed by atoms with Gasteiger partial charge in [0.1, 0.15) is 11.6 Å². The number of H-pyrrole nitrogens is 1. The van der Waals surface area contributed by atoms with Crippen LogP contribution in [0.4, 0.5) is 0 Å². The lowest BCUT2D eigenvalue weighted by Gasteiger charge is -2.07. The van der Waals surface area contributed by atoms with Crippen LogP contribution in [0.3, 0.4) is 0 Å². The molecule has 0 saturated carbocycles. The summed E-state index contributed by atoms with van der Waals surface area (Å²) in [6.07, 6.45) is 0. The van der Waals surface area contributed by atoms with Crippen molar-refractivity contribution in [1.29, 1.82) is 5.26 Å². The first kappa shape index (κ1) is 16.0. The number of aromatic amines is 1. The molecule has 0 aliphatic heterocycles. The van der Waals surface area contributed by atoms with Crippen LogP contribution in [0.25, 0.3) is 11.3 Å². The molecule has 1 aromatic heterocycles. The fourth-order valence-corrected chi connectivity index (χ4v) is 3.28. The normalized spacial score (nSPS) is 10.3. The van der Waals surface area contributed by atoms with Gasteiger partial charge in [-0.15, -0.1) is 0 Å². The Labute approximate surface area is 144 Å². The van der Waals surface area contributed by atoms with Crippen LogP contribution in [0, 0.1) is 18.3 Å². The second kappa shape index (κ2) is 7.16. The highest BCUT2D eigenvalue weighted by Crippen LogP contribution is 2.24. The molecule has 0 saturated heterocycles. The van der Waals surface area contributed by atoms with E-state index in [0.717, 1.165) is 5.56 Å². The molecule has 1 heterocycles. The number of nitrogens with zero attached hydrogens (tertiary/aromatic N) is 2. The lowest BCUT2D eigenvalue weighted by molar-refractivity contribution is 0.934. The van der Waals surface area contributed by atoms with Crippen molar-refractivity contribution in [2.45, 2.75) is 17.8 Å². The number of nitrogens with one attached hydrogen (secondary N) is 1. The molecule has 4 nitrogen and oxygen atoms in total. The van der Waals surface area contributed by atoms with Crippen molar-refractivity contribution in [2.75, 3.05) is 0 Å². The zero-order valence-electron chi connectivity index (χ0n) is 13.1. The van der Waals surface area contributed by atoms with Gasteiger partial charge < -0.3 is 4.98 Å². The molecular weight excluding hydrogens is 318 g/mol. The Kier molecular flexibility index (Phi) is 4.78. The highest BCUT2D eigenvalue weighted by Gasteiger charge is 2.13. The van der Waals surface area contributed by atoms with Crippen LogP contribution >= 0.6 is 11.8 Å². The third-order valence-corrected chi connectivity index (χ3v) is 4.60. The number of hydrogen-bond acceptors (Lipinski definition) is 4. The van der Waals surface area contributed by atoms with Gasteiger partial charge in [-0.2, -0.15) is 5.26 Å². The molecule has 3 aromatic rings. The highest BCUT2D eigenvalue weighted by atomic mass is 32.2. The monoisotopic (exact) mass is 333 g/mol. The van der Waals surface area contributed by atoms with Crippen LogP contribution in [0.2, 0.25) is 0 Å². The van der Waals surface area contributed by atoms with Gasteiger partial charge in [0.2, 0.25) is 0 Å². The van der Waals surface area contributed by atoms with E-state index in [0.29, 0.717) is 16.6 Å². The molecular formula is C19H15N3OS. The van der Waals surface area contributed by atoms with E-state index in [1.807, 2.05) is 48.5 Å². The van der Waals surface area contributed by atoms with Crippen LogP contribution in [-0.2, 0) is 5.75 Å². The standard InChI is InChI=1S/C19H15N3OS/c1-13-7-5-6-10-15(13)12-24-19-21-17(14-8-3-2-4-9-14)16(11-20)18(23)22-19/h2-10H,12H2,1H3,(H,21,22,23). The summed E-state index contributed by atoms with van der Waals surface area (Å²) >= 11 is 1.45. The highest BCUT2D eigenvalue weighted by molar-refractivity contribution is 7.98. The van der Waals surface area contributed by atoms with Gasteiger partial charge in [-0.3, -0.25) is 4.79 Å². The summed E-state index contributed by atoms with van der Waals surface area (Å²) in [5.74, 6) is 0.704. The SMILES string of the molecule is Cc1ccccc1CSc1nc(-c2ccccc2)c(C#N)c(=O)[nH]1. The maximum absolute atomic E-state index is 12.2. The van der Waals surface area contributed by atoms with E-state index in [-0.39, 0.29) is 5.56 Å². The van der Waals surface area contributed by atoms with E-state index in [4.69, 9.17) is 0 Å². The molecule has 1 N–H and O–H groups in total. The topological polar surface area (TPSA) is 69.5 Å². The third kappa shape index (κ3) is 3.39. The predicted molar refractivity (Wildman–Crippen MR) is 95.7 cm³/mol. The van der Waals surface area contributed by atoms with Gasteiger partial charge >= 0.3 is 0 Å². The summed E-state index contributed by atoms with van der Waals surface area (Å²) in [6, 6.07) is 19.4. The van der Waals surface area contributed by atoms with E-state index < -0.39 is 5.56 Å². The molecule has 0 bridgehead atoms. The van der Waals surface area contributed by atoms with Crippen molar-refractivity contribution < 1.29 is 0 Å². The first-order chi connectivity index (χ1) is 11.7. The molecule has 0 aliphatic carbocycles. The van der Waals surface area contributed by atoms with Crippen LogP contribution in [0.15, 0.2) is 64.5 Å². The van der Waals surface area contributed by atoms with E-state index >= 15 is 0 Å². The van der Waals surface area contributed by atoms with E-state index in [2.05, 4.69) is 29.0 Å². The Hall–Kier alpha value is -2.84. The minimum atomic E-state index is -0.404. The van der Waals surface area contributed by atoms with E-state index in [1.165, 1.54) is 22.9 Å². The van der Waals surface area contributed by atoms with Crippen molar-refractivity contribution >= 4 is 11.8 Å². The summed E-state index contributed by atoms with van der Waals surface area (Å²) in [6.45, 7) is 2.06. The molecule has 0 spiro atoms. The van der Waals surface area contributed by atoms with Crippen LogP contribution < -0.4 is 5.56 Å². The van der Waals surface area contributed by atoms with Gasteiger partial charge in [0.05, 0.1) is 5.69 Å². The molecule has 0 radical (unpaired) electrons. The van der Waals surface area contributed by atoms with Gasteiger partial charge in [0, 0.05) is 11.3 Å². The van der Waals surface area contributed by atoms with Gasteiger partial charge in [0.25, 0.3) is 5.56 Å². The second-order valence-corrected chi connectivity index (χ2v) is 6.25. The Morgan fingerprint density at radius 1 is 1.12 bits per heavy atom. The Morgan fingerprint density at radius 3 is 2.54 bits per heavy atom. The number of aryl methyl sites for hydroxylation is 1. The zero-order valence-corrected chi connectivity index (χ0v) is 13.9. The number of rotatable bonds is 4. The van der Waals surface area contributed by atoms with Gasteiger partial charge in [-0.1, -0.05) is 66.4 Å². The molecule has 0 amide bonds. The first-order valence-corrected chi connectivity index (χ1v) is 8.44. The Morgan fingerprint density at radius 2 is 1.83 bits per heavy atom. The number of hydrogen-bond donors (Lipinski definition) is 1. The molecule has 2 aromatic carbocycles. The maximum Gasteiger partial charge on any atom is 0.270 e. The van der Waals surface area contributed by atoms with Gasteiger partial charge in [-0.05, 0) is 18.1 Å². The van der Waals surface area contributed by atoms with Gasteiger partial charge in [-0.25, -0.2) is 4.98 Å². The lowest BCUT2D eigenvalue weighted by Crippen LogP contribution is -2.14. The number of thioether (sulfide) groups is 1. The predicted octanol–water partition coefficient (Wildman–Crippen LogP) is 3.91. The van der Waals surface area contributed by atoms with Gasteiger partial charge in [0.15, 0.2) is 5.16 Å². The lowest BCUT2D eigenvalue weighted by atomic mass is 10.1. The summed E-state index contributed by atoms with van der Waals surface area (Å²) in [5.41, 5.74) is 3.21. The molecule has 0 unspecified atom stereocenters. The van der Waals surface area contributed by atoms with Crippen LogP contribution in [0.1, 0.15) is 16.7 Å². The van der Waals surface area contributed by atoms with Crippen molar-refractivity contribution in [1.82, 2.24) is 9.97 Å². The summed E-state index contributed by atoms with van der Waals surface area (Å²) in [7, 11) is 0. The molecule has 118 valence electrons. The van der Waals surface area contributed by atoms with Crippen molar-refractivity contribution in [2.24, 2.45) is 0 Å². The maximum atomic E-state index is 12.2. The quantitative estimate of drug-likeness (QED) is 0.580. The fourth-order valence-electron chi connectivity index (χ4n) is 2.35. The van der Waals surface area contributed by atoms with Crippen LogP contribution in [-0.4, -0.2) is 9.97 Å². The van der Waals surface area contributed by atoms with Crippen LogP contribution in [0.5, 0.6) is 0 Å². The molecule has 0 aliphatic rings. The van der Waals surface area contributed by atoms with E-state index in [9.17, 15) is 10.1 Å². The summed E-state index contributed by atoms with van der Waals surface area (Å²) < 4.78 is 0. The third-order valence-electron chi connectivity index (χ3n) is 3.68. The van der Waals surface area contributed by atoms with E-state index in [1.54, 1.807) is 0 Å². The first-order valence-electron chi connectivity index (χ1n) is 7.46. The number of nitriles is 1. The average Bonchev–Trinajstić information content (AvgIpc) is 2.61. The Balaban J connectivity index is 1.96. The molecule has 3 rings (SSSR count). The fraction of sp³-hybridized carbons (Fsp3) is 0.105. The largest absolute Gasteiger partial charge is 0.300 e. The molecule has 0 fully saturated rings. The Bertz CT molecular complexity index is 958. The van der Waals surface area contributed by atoms with Crippen molar-refractivity contribution in [3.63, 3.8) is 0 Å². The smallest absolute Gasteiger partial charge is 0.270 e. The minimum absolute atomic E-state index is 0.0430. The van der Waals surface area contributed by atoms with Crippen molar-refractivity contribution in [3.8, 4) is 17.3 Å². The minimum Gasteiger partial charge on any atom is -0.300 e. The second-order valence-electron chi connectivity index (χ2n) is 5.29. The summed E-state index contributed by atoms with van der Waals surface area (Å²) in [5, 5.41) is 9.79. The molecule has 24 heavy (non-hydrogen) atoms. The molecule has 0 atom stereocenters. The number of aromatic nitrogens is 2. The summed E-state index contributed by atoms with van der Waals surface area (Å²) in [4.78, 5) is 19.4. The molecule has 5 heteroatoms. The van der Waals surface area contributed by atoms with Crippen molar-refractivity contribution in [3.05, 3.63) is 81.6 Å². The zero-order chi connectivity index (χ0) is 16.9. The average molecular weight is 333 g/mol.